The maximum atomic E-state index is 11.8. The standard InChI is InChI=1S/C20H24O3/c1-14-13-18(23-3)17(20(22)19(14)15(2)21)12-8-7-11-16-9-5-4-6-10-16/h4-6,9-10,13,22H,7-8,11-12H2,1-3H3. The van der Waals surface area contributed by atoms with Crippen LogP contribution in [0.3, 0.4) is 0 Å². The number of hydrogen-bond donors (Lipinski definition) is 1. The summed E-state index contributed by atoms with van der Waals surface area (Å²) < 4.78 is 5.39. The summed E-state index contributed by atoms with van der Waals surface area (Å²) in [6.45, 7) is 3.30. The third-order valence-electron chi connectivity index (χ3n) is 4.12. The summed E-state index contributed by atoms with van der Waals surface area (Å²) in [5.41, 5.74) is 3.21. The maximum Gasteiger partial charge on any atom is 0.163 e. The number of rotatable bonds is 7. The number of aryl methyl sites for hydroxylation is 2. The average Bonchev–Trinajstić information content (AvgIpc) is 2.53. The minimum Gasteiger partial charge on any atom is -0.507 e. The molecule has 2 aromatic rings. The number of benzene rings is 2. The summed E-state index contributed by atoms with van der Waals surface area (Å²) in [4.78, 5) is 11.8. The smallest absolute Gasteiger partial charge is 0.163 e. The molecule has 0 unspecified atom stereocenters. The van der Waals surface area contributed by atoms with Crippen molar-refractivity contribution in [3.8, 4) is 11.5 Å². The highest BCUT2D eigenvalue weighted by molar-refractivity contribution is 5.99. The Bertz CT molecular complexity index is 675. The van der Waals surface area contributed by atoms with Gasteiger partial charge in [-0.2, -0.15) is 0 Å². The second kappa shape index (κ2) is 7.82. The first-order chi connectivity index (χ1) is 11.0. The van der Waals surface area contributed by atoms with Crippen LogP contribution in [0.25, 0.3) is 0 Å². The lowest BCUT2D eigenvalue weighted by atomic mass is 9.95. The van der Waals surface area contributed by atoms with E-state index < -0.39 is 0 Å². The number of phenols is 1. The van der Waals surface area contributed by atoms with E-state index in [9.17, 15) is 9.90 Å². The van der Waals surface area contributed by atoms with Gasteiger partial charge in [0, 0.05) is 5.56 Å². The zero-order chi connectivity index (χ0) is 16.8. The summed E-state index contributed by atoms with van der Waals surface area (Å²) in [5.74, 6) is 0.618. The third kappa shape index (κ3) is 4.13. The number of unbranched alkanes of at least 4 members (excludes halogenated alkanes) is 1. The Hall–Kier alpha value is -2.29. The minimum atomic E-state index is -0.117. The molecule has 0 aliphatic rings. The van der Waals surface area contributed by atoms with E-state index in [-0.39, 0.29) is 11.5 Å². The lowest BCUT2D eigenvalue weighted by molar-refractivity contribution is 0.101. The molecule has 0 atom stereocenters. The van der Waals surface area contributed by atoms with E-state index in [1.54, 1.807) is 7.11 Å². The van der Waals surface area contributed by atoms with E-state index >= 15 is 0 Å². The Labute approximate surface area is 137 Å². The predicted molar refractivity (Wildman–Crippen MR) is 92.5 cm³/mol. The number of carbonyl (C=O) groups excluding carboxylic acids is 1. The number of methoxy groups -OCH3 is 1. The van der Waals surface area contributed by atoms with Gasteiger partial charge in [0.25, 0.3) is 0 Å². The number of phenolic OH excluding ortho intramolecular Hbond substituents is 1. The van der Waals surface area contributed by atoms with Crippen molar-refractivity contribution in [3.05, 3.63) is 58.7 Å². The molecular formula is C20H24O3. The van der Waals surface area contributed by atoms with Gasteiger partial charge in [-0.05, 0) is 56.7 Å². The highest BCUT2D eigenvalue weighted by Gasteiger charge is 2.18. The maximum absolute atomic E-state index is 11.8. The van der Waals surface area contributed by atoms with Crippen LogP contribution >= 0.6 is 0 Å². The highest BCUT2D eigenvalue weighted by Crippen LogP contribution is 2.35. The number of ether oxygens (including phenoxy) is 1. The average molecular weight is 312 g/mol. The second-order valence-corrected chi connectivity index (χ2v) is 5.85. The van der Waals surface area contributed by atoms with Crippen LogP contribution in [0.1, 0.15) is 46.8 Å². The van der Waals surface area contributed by atoms with Gasteiger partial charge in [-0.15, -0.1) is 0 Å². The van der Waals surface area contributed by atoms with E-state index in [4.69, 9.17) is 4.74 Å². The molecule has 3 nitrogen and oxygen atoms in total. The lowest BCUT2D eigenvalue weighted by Crippen LogP contribution is -2.03. The van der Waals surface area contributed by atoms with Crippen LogP contribution in [0, 0.1) is 6.92 Å². The topological polar surface area (TPSA) is 46.5 Å². The fourth-order valence-electron chi connectivity index (χ4n) is 2.95. The second-order valence-electron chi connectivity index (χ2n) is 5.85. The molecule has 0 radical (unpaired) electrons. The lowest BCUT2D eigenvalue weighted by Gasteiger charge is -2.15. The van der Waals surface area contributed by atoms with E-state index in [0.29, 0.717) is 17.7 Å². The van der Waals surface area contributed by atoms with E-state index in [1.807, 2.05) is 31.2 Å². The zero-order valence-corrected chi connectivity index (χ0v) is 14.1. The van der Waals surface area contributed by atoms with Crippen molar-refractivity contribution in [2.24, 2.45) is 0 Å². The van der Waals surface area contributed by atoms with E-state index in [0.717, 1.165) is 30.4 Å². The van der Waals surface area contributed by atoms with Crippen LogP contribution in [-0.2, 0) is 12.8 Å². The highest BCUT2D eigenvalue weighted by atomic mass is 16.5. The summed E-state index contributed by atoms with van der Waals surface area (Å²) in [5, 5.41) is 10.5. The summed E-state index contributed by atoms with van der Waals surface area (Å²) in [6.07, 6.45) is 3.66. The van der Waals surface area contributed by atoms with Gasteiger partial charge in [-0.1, -0.05) is 30.3 Å². The van der Waals surface area contributed by atoms with Gasteiger partial charge in [0.05, 0.1) is 12.7 Å². The molecule has 0 amide bonds. The largest absolute Gasteiger partial charge is 0.507 e. The zero-order valence-electron chi connectivity index (χ0n) is 14.1. The normalized spacial score (nSPS) is 10.6. The van der Waals surface area contributed by atoms with Crippen molar-refractivity contribution in [2.75, 3.05) is 7.11 Å². The Morgan fingerprint density at radius 1 is 1.13 bits per heavy atom. The van der Waals surface area contributed by atoms with Crippen molar-refractivity contribution >= 4 is 5.78 Å². The summed E-state index contributed by atoms with van der Waals surface area (Å²) >= 11 is 0. The predicted octanol–water partition coefficient (Wildman–Crippen LogP) is 4.48. The van der Waals surface area contributed by atoms with Crippen molar-refractivity contribution in [3.63, 3.8) is 0 Å². The summed E-state index contributed by atoms with van der Waals surface area (Å²) in [7, 11) is 1.59. The van der Waals surface area contributed by atoms with Gasteiger partial charge >= 0.3 is 0 Å². The molecule has 2 aromatic carbocycles. The van der Waals surface area contributed by atoms with Gasteiger partial charge in [0.1, 0.15) is 11.5 Å². The third-order valence-corrected chi connectivity index (χ3v) is 4.12. The van der Waals surface area contributed by atoms with Crippen molar-refractivity contribution < 1.29 is 14.6 Å². The summed E-state index contributed by atoms with van der Waals surface area (Å²) in [6, 6.07) is 12.2. The molecule has 0 aromatic heterocycles. The first-order valence-corrected chi connectivity index (χ1v) is 7.99. The molecule has 0 aliphatic heterocycles. The molecule has 0 bridgehead atoms. The van der Waals surface area contributed by atoms with Gasteiger partial charge in [-0.25, -0.2) is 0 Å². The van der Waals surface area contributed by atoms with Gasteiger partial charge in [-0.3, -0.25) is 4.79 Å². The van der Waals surface area contributed by atoms with Gasteiger partial charge in [0.15, 0.2) is 5.78 Å². The van der Waals surface area contributed by atoms with Crippen molar-refractivity contribution in [1.29, 1.82) is 0 Å². The van der Waals surface area contributed by atoms with Crippen LogP contribution in [0.5, 0.6) is 11.5 Å². The quantitative estimate of drug-likeness (QED) is 0.606. The van der Waals surface area contributed by atoms with Crippen LogP contribution in [-0.4, -0.2) is 18.0 Å². The SMILES string of the molecule is COc1cc(C)c(C(C)=O)c(O)c1CCCCc1ccccc1. The van der Waals surface area contributed by atoms with E-state index in [1.165, 1.54) is 12.5 Å². The van der Waals surface area contributed by atoms with Crippen molar-refractivity contribution in [1.82, 2.24) is 0 Å². The molecule has 2 rings (SSSR count). The van der Waals surface area contributed by atoms with Gasteiger partial charge in [0.2, 0.25) is 0 Å². The van der Waals surface area contributed by atoms with Crippen LogP contribution < -0.4 is 4.74 Å². The fourth-order valence-corrected chi connectivity index (χ4v) is 2.95. The number of carbonyl (C=O) groups is 1. The Kier molecular flexibility index (Phi) is 5.80. The van der Waals surface area contributed by atoms with Crippen LogP contribution in [0.2, 0.25) is 0 Å². The number of Topliss-reactive ketones (excluding diaryl/α,β-unsaturated/α-hetero) is 1. The molecule has 0 aliphatic carbocycles. The molecule has 0 fully saturated rings. The van der Waals surface area contributed by atoms with Gasteiger partial charge < -0.3 is 9.84 Å². The Morgan fingerprint density at radius 2 is 1.78 bits per heavy atom. The molecular weight excluding hydrogens is 288 g/mol. The Balaban J connectivity index is 2.09. The fraction of sp³-hybridized carbons (Fsp3) is 0.350. The molecule has 0 spiro atoms. The minimum absolute atomic E-state index is 0.0778. The first-order valence-electron chi connectivity index (χ1n) is 7.99. The monoisotopic (exact) mass is 312 g/mol. The molecule has 23 heavy (non-hydrogen) atoms. The molecule has 0 saturated carbocycles. The van der Waals surface area contributed by atoms with E-state index in [2.05, 4.69) is 12.1 Å². The van der Waals surface area contributed by atoms with Crippen LogP contribution in [0.4, 0.5) is 0 Å². The molecule has 0 heterocycles. The first kappa shape index (κ1) is 17.1. The molecule has 1 N–H and O–H groups in total. The molecule has 122 valence electrons. The molecule has 0 saturated heterocycles. The Morgan fingerprint density at radius 3 is 2.39 bits per heavy atom. The molecule has 3 heteroatoms. The number of hydrogen-bond acceptors (Lipinski definition) is 3. The van der Waals surface area contributed by atoms with Crippen molar-refractivity contribution in [2.45, 2.75) is 39.5 Å². The number of aromatic hydroxyl groups is 1. The number of ketones is 1. The van der Waals surface area contributed by atoms with Crippen LogP contribution in [0.15, 0.2) is 36.4 Å².